The van der Waals surface area contributed by atoms with Gasteiger partial charge in [-0.15, -0.1) is 0 Å². The Balaban J connectivity index is 2.62. The summed E-state index contributed by atoms with van der Waals surface area (Å²) in [6, 6.07) is 4.49. The molecule has 0 heterocycles. The molecule has 0 atom stereocenters. The molecule has 0 amide bonds. The van der Waals surface area contributed by atoms with Crippen molar-refractivity contribution in [1.82, 2.24) is 0 Å². The zero-order valence-electron chi connectivity index (χ0n) is 10.2. The minimum atomic E-state index is -0.389. The summed E-state index contributed by atoms with van der Waals surface area (Å²) in [5.41, 5.74) is 0.537. The second-order valence-electron chi connectivity index (χ2n) is 3.46. The van der Waals surface area contributed by atoms with Crippen LogP contribution in [0.5, 0.6) is 5.75 Å². The van der Waals surface area contributed by atoms with E-state index in [1.807, 2.05) is 6.92 Å². The minimum Gasteiger partial charge on any atom is -0.489 e. The smallest absolute Gasteiger partial charge is 0.333 e. The molecule has 0 aliphatic rings. The predicted molar refractivity (Wildman–Crippen MR) is 70.0 cm³/mol. The average Bonchev–Trinajstić information content (AvgIpc) is 2.38. The van der Waals surface area contributed by atoms with Crippen LogP contribution in [-0.2, 0) is 9.53 Å². The fourth-order valence-electron chi connectivity index (χ4n) is 1.31. The SMILES string of the molecule is CCC(=CCOc1ccc(Br)c(F)c1)C(=O)OC. The summed E-state index contributed by atoms with van der Waals surface area (Å²) in [7, 11) is 1.33. The Kier molecular flexibility index (Phi) is 5.85. The van der Waals surface area contributed by atoms with Crippen molar-refractivity contribution in [2.24, 2.45) is 0 Å². The molecule has 0 aliphatic heterocycles. The monoisotopic (exact) mass is 316 g/mol. The van der Waals surface area contributed by atoms with E-state index in [1.54, 1.807) is 18.2 Å². The van der Waals surface area contributed by atoms with Crippen LogP contribution in [0.25, 0.3) is 0 Å². The first kappa shape index (κ1) is 14.7. The van der Waals surface area contributed by atoms with Crippen molar-refractivity contribution in [2.75, 3.05) is 13.7 Å². The number of esters is 1. The summed E-state index contributed by atoms with van der Waals surface area (Å²) >= 11 is 3.06. The molecule has 0 bridgehead atoms. The molecular formula is C13H14BrFO3. The van der Waals surface area contributed by atoms with Crippen LogP contribution in [0, 0.1) is 5.82 Å². The molecule has 0 fully saturated rings. The zero-order valence-corrected chi connectivity index (χ0v) is 11.8. The number of carbonyl (C=O) groups is 1. The van der Waals surface area contributed by atoms with Gasteiger partial charge in [-0.1, -0.05) is 6.92 Å². The van der Waals surface area contributed by atoms with Gasteiger partial charge in [-0.2, -0.15) is 0 Å². The van der Waals surface area contributed by atoms with Gasteiger partial charge in [0, 0.05) is 11.6 Å². The topological polar surface area (TPSA) is 35.5 Å². The van der Waals surface area contributed by atoms with Gasteiger partial charge >= 0.3 is 5.97 Å². The highest BCUT2D eigenvalue weighted by Gasteiger charge is 2.06. The highest BCUT2D eigenvalue weighted by Crippen LogP contribution is 2.20. The summed E-state index contributed by atoms with van der Waals surface area (Å²) < 4.78 is 23.5. The molecule has 1 aromatic rings. The fraction of sp³-hybridized carbons (Fsp3) is 0.308. The van der Waals surface area contributed by atoms with Crippen molar-refractivity contribution >= 4 is 21.9 Å². The van der Waals surface area contributed by atoms with Gasteiger partial charge in [0.05, 0.1) is 11.6 Å². The number of benzene rings is 1. The molecule has 0 saturated carbocycles. The minimum absolute atomic E-state index is 0.194. The van der Waals surface area contributed by atoms with Gasteiger partial charge in [0.1, 0.15) is 18.2 Å². The molecule has 5 heteroatoms. The zero-order chi connectivity index (χ0) is 13.5. The Labute approximate surface area is 114 Å². The van der Waals surface area contributed by atoms with Crippen molar-refractivity contribution in [3.05, 3.63) is 40.1 Å². The third-order valence-corrected chi connectivity index (χ3v) is 2.94. The van der Waals surface area contributed by atoms with Gasteiger partial charge in [-0.3, -0.25) is 0 Å². The Morgan fingerprint density at radius 1 is 1.50 bits per heavy atom. The number of halogens is 2. The standard InChI is InChI=1S/C13H14BrFO3/c1-3-9(13(16)17-2)6-7-18-10-4-5-11(14)12(15)8-10/h4-6,8H,3,7H2,1-2H3. The maximum Gasteiger partial charge on any atom is 0.333 e. The van der Waals surface area contributed by atoms with E-state index in [1.165, 1.54) is 13.2 Å². The van der Waals surface area contributed by atoms with Gasteiger partial charge in [0.15, 0.2) is 0 Å². The molecule has 0 spiro atoms. The van der Waals surface area contributed by atoms with Crippen molar-refractivity contribution in [3.8, 4) is 5.75 Å². The van der Waals surface area contributed by atoms with E-state index < -0.39 is 0 Å². The fourth-order valence-corrected chi connectivity index (χ4v) is 1.55. The van der Waals surface area contributed by atoms with Crippen LogP contribution < -0.4 is 4.74 Å². The van der Waals surface area contributed by atoms with Crippen LogP contribution in [-0.4, -0.2) is 19.7 Å². The number of hydrogen-bond acceptors (Lipinski definition) is 3. The van der Waals surface area contributed by atoms with E-state index in [0.29, 0.717) is 22.2 Å². The van der Waals surface area contributed by atoms with Crippen LogP contribution in [0.1, 0.15) is 13.3 Å². The van der Waals surface area contributed by atoms with Gasteiger partial charge in [0.2, 0.25) is 0 Å². The number of hydrogen-bond donors (Lipinski definition) is 0. The third kappa shape index (κ3) is 4.14. The molecule has 3 nitrogen and oxygen atoms in total. The molecule has 0 aromatic heterocycles. The van der Waals surface area contributed by atoms with Crippen LogP contribution in [0.2, 0.25) is 0 Å². The van der Waals surface area contributed by atoms with Crippen molar-refractivity contribution in [3.63, 3.8) is 0 Å². The first-order valence-electron chi connectivity index (χ1n) is 5.43. The number of rotatable bonds is 5. The molecule has 0 saturated heterocycles. The second-order valence-corrected chi connectivity index (χ2v) is 4.32. The quantitative estimate of drug-likeness (QED) is 0.616. The Morgan fingerprint density at radius 2 is 2.22 bits per heavy atom. The Morgan fingerprint density at radius 3 is 2.78 bits per heavy atom. The predicted octanol–water partition coefficient (Wildman–Crippen LogP) is 3.48. The molecule has 1 aromatic carbocycles. The summed E-state index contributed by atoms with van der Waals surface area (Å²) in [5.74, 6) is -0.351. The molecule has 98 valence electrons. The lowest BCUT2D eigenvalue weighted by atomic mass is 10.2. The van der Waals surface area contributed by atoms with Crippen LogP contribution in [0.15, 0.2) is 34.3 Å². The number of carbonyl (C=O) groups excluding carboxylic acids is 1. The van der Waals surface area contributed by atoms with E-state index in [0.717, 1.165) is 0 Å². The van der Waals surface area contributed by atoms with Gasteiger partial charge < -0.3 is 9.47 Å². The van der Waals surface area contributed by atoms with Crippen LogP contribution in [0.3, 0.4) is 0 Å². The molecule has 0 unspecified atom stereocenters. The van der Waals surface area contributed by atoms with E-state index in [2.05, 4.69) is 20.7 Å². The van der Waals surface area contributed by atoms with Crippen molar-refractivity contribution in [1.29, 1.82) is 0 Å². The van der Waals surface area contributed by atoms with Gasteiger partial charge in [-0.05, 0) is 40.6 Å². The van der Waals surface area contributed by atoms with Gasteiger partial charge in [-0.25, -0.2) is 9.18 Å². The lowest BCUT2D eigenvalue weighted by Crippen LogP contribution is -2.06. The molecule has 18 heavy (non-hydrogen) atoms. The van der Waals surface area contributed by atoms with E-state index in [9.17, 15) is 9.18 Å². The highest BCUT2D eigenvalue weighted by molar-refractivity contribution is 9.10. The molecule has 0 N–H and O–H groups in total. The maximum atomic E-state index is 13.2. The summed E-state index contributed by atoms with van der Waals surface area (Å²) in [6.07, 6.45) is 2.19. The first-order chi connectivity index (χ1) is 8.58. The lowest BCUT2D eigenvalue weighted by molar-refractivity contribution is -0.136. The summed E-state index contributed by atoms with van der Waals surface area (Å²) in [5, 5.41) is 0. The summed E-state index contributed by atoms with van der Waals surface area (Å²) in [6.45, 7) is 2.04. The molecule has 0 radical (unpaired) electrons. The van der Waals surface area contributed by atoms with E-state index >= 15 is 0 Å². The van der Waals surface area contributed by atoms with Crippen LogP contribution in [0.4, 0.5) is 4.39 Å². The number of ether oxygens (including phenoxy) is 2. The number of methoxy groups -OCH3 is 1. The van der Waals surface area contributed by atoms with Crippen molar-refractivity contribution in [2.45, 2.75) is 13.3 Å². The average molecular weight is 317 g/mol. The largest absolute Gasteiger partial charge is 0.489 e. The first-order valence-corrected chi connectivity index (χ1v) is 6.23. The van der Waals surface area contributed by atoms with Crippen molar-refractivity contribution < 1.29 is 18.7 Å². The third-order valence-electron chi connectivity index (χ3n) is 2.30. The maximum absolute atomic E-state index is 13.2. The lowest BCUT2D eigenvalue weighted by Gasteiger charge is -2.06. The normalized spacial score (nSPS) is 11.2. The Hall–Kier alpha value is -1.36. The summed E-state index contributed by atoms with van der Waals surface area (Å²) in [4.78, 5) is 11.3. The van der Waals surface area contributed by atoms with Crippen LogP contribution >= 0.6 is 15.9 Å². The molecule has 0 aliphatic carbocycles. The van der Waals surface area contributed by atoms with E-state index in [4.69, 9.17) is 4.74 Å². The molecular weight excluding hydrogens is 303 g/mol. The highest BCUT2D eigenvalue weighted by atomic mass is 79.9. The Bertz CT molecular complexity index is 458. The van der Waals surface area contributed by atoms with Gasteiger partial charge in [0.25, 0.3) is 0 Å². The second kappa shape index (κ2) is 7.16. The van der Waals surface area contributed by atoms with E-state index in [-0.39, 0.29) is 18.4 Å². The molecule has 1 rings (SSSR count).